The molecular formula is C14H15F2NO3S. The molecule has 0 radical (unpaired) electrons. The lowest BCUT2D eigenvalue weighted by Gasteiger charge is -2.15. The van der Waals surface area contributed by atoms with Gasteiger partial charge in [0.25, 0.3) is 0 Å². The highest BCUT2D eigenvalue weighted by atomic mass is 32.2. The van der Waals surface area contributed by atoms with Crippen molar-refractivity contribution < 1.29 is 23.1 Å². The van der Waals surface area contributed by atoms with Crippen LogP contribution in [0.25, 0.3) is 0 Å². The van der Waals surface area contributed by atoms with Crippen molar-refractivity contribution in [1.29, 1.82) is 0 Å². The number of hydrogen-bond acceptors (Lipinski definition) is 4. The Balaban J connectivity index is 1.87. The molecule has 0 aliphatic carbocycles. The van der Waals surface area contributed by atoms with Crippen LogP contribution in [0.1, 0.15) is 6.42 Å². The molecule has 0 N–H and O–H groups in total. The lowest BCUT2D eigenvalue weighted by Crippen LogP contribution is -2.31. The summed E-state index contributed by atoms with van der Waals surface area (Å²) in [7, 11) is 1.32. The number of likely N-dealkylation sites (tertiary alicyclic amines) is 1. The van der Waals surface area contributed by atoms with Gasteiger partial charge in [0.2, 0.25) is 5.91 Å². The van der Waals surface area contributed by atoms with E-state index in [0.29, 0.717) is 19.5 Å². The molecule has 0 saturated carbocycles. The lowest BCUT2D eigenvalue weighted by molar-refractivity contribution is -0.145. The summed E-state index contributed by atoms with van der Waals surface area (Å²) in [6.45, 7) is 0.822. The van der Waals surface area contributed by atoms with E-state index in [4.69, 9.17) is 0 Å². The first-order valence-corrected chi connectivity index (χ1v) is 7.43. The molecule has 0 bridgehead atoms. The van der Waals surface area contributed by atoms with E-state index >= 15 is 0 Å². The van der Waals surface area contributed by atoms with Gasteiger partial charge in [-0.15, -0.1) is 11.8 Å². The fraction of sp³-hybridized carbons (Fsp3) is 0.429. The molecule has 0 aromatic heterocycles. The maximum absolute atomic E-state index is 13.4. The van der Waals surface area contributed by atoms with E-state index in [0.717, 1.165) is 23.9 Å². The molecule has 1 aromatic carbocycles. The number of halogens is 2. The standard InChI is InChI=1S/C14H15F2NO3S/c1-20-14(19)9-4-5-17(7-9)13(18)8-21-12-3-2-10(15)6-11(12)16/h2-3,6,9H,4-5,7-8H2,1H3. The third-order valence-electron chi connectivity index (χ3n) is 3.32. The third kappa shape index (κ3) is 3.93. The molecule has 1 saturated heterocycles. The first kappa shape index (κ1) is 15.8. The molecule has 1 amide bonds. The molecule has 4 nitrogen and oxygen atoms in total. The maximum Gasteiger partial charge on any atom is 0.310 e. The molecule has 1 fully saturated rings. The van der Waals surface area contributed by atoms with Crippen molar-refractivity contribution in [3.63, 3.8) is 0 Å². The minimum atomic E-state index is -0.679. The Morgan fingerprint density at radius 1 is 1.43 bits per heavy atom. The molecule has 21 heavy (non-hydrogen) atoms. The molecule has 2 rings (SSSR count). The molecule has 1 aliphatic rings. The molecular weight excluding hydrogens is 300 g/mol. The van der Waals surface area contributed by atoms with Crippen LogP contribution < -0.4 is 0 Å². The van der Waals surface area contributed by atoms with E-state index in [1.807, 2.05) is 0 Å². The maximum atomic E-state index is 13.4. The van der Waals surface area contributed by atoms with Crippen molar-refractivity contribution in [3.8, 4) is 0 Å². The molecule has 1 aromatic rings. The van der Waals surface area contributed by atoms with Crippen LogP contribution in [-0.4, -0.2) is 42.7 Å². The van der Waals surface area contributed by atoms with Crippen LogP contribution in [0, 0.1) is 17.6 Å². The molecule has 1 unspecified atom stereocenters. The Labute approximate surface area is 125 Å². The van der Waals surface area contributed by atoms with E-state index in [-0.39, 0.29) is 28.4 Å². The highest BCUT2D eigenvalue weighted by molar-refractivity contribution is 8.00. The summed E-state index contributed by atoms with van der Waals surface area (Å²) < 4.78 is 30.9. The quantitative estimate of drug-likeness (QED) is 0.630. The smallest absolute Gasteiger partial charge is 0.310 e. The van der Waals surface area contributed by atoms with E-state index in [1.165, 1.54) is 13.2 Å². The third-order valence-corrected chi connectivity index (χ3v) is 4.35. The van der Waals surface area contributed by atoms with Gasteiger partial charge in [-0.3, -0.25) is 9.59 Å². The number of thioether (sulfide) groups is 1. The van der Waals surface area contributed by atoms with Gasteiger partial charge in [-0.05, 0) is 18.6 Å². The first-order valence-electron chi connectivity index (χ1n) is 6.44. The Morgan fingerprint density at radius 2 is 2.19 bits per heavy atom. The monoisotopic (exact) mass is 315 g/mol. The van der Waals surface area contributed by atoms with E-state index in [2.05, 4.69) is 4.74 Å². The molecule has 114 valence electrons. The summed E-state index contributed by atoms with van der Waals surface area (Å²) in [6.07, 6.45) is 0.577. The van der Waals surface area contributed by atoms with E-state index in [1.54, 1.807) is 4.90 Å². The number of methoxy groups -OCH3 is 1. The molecule has 7 heteroatoms. The highest BCUT2D eigenvalue weighted by Crippen LogP contribution is 2.24. The Morgan fingerprint density at radius 3 is 2.86 bits per heavy atom. The number of hydrogen-bond donors (Lipinski definition) is 0. The summed E-state index contributed by atoms with van der Waals surface area (Å²) >= 11 is 1.02. The summed E-state index contributed by atoms with van der Waals surface area (Å²) in [6, 6.07) is 3.25. The number of ether oxygens (including phenoxy) is 1. The van der Waals surface area contributed by atoms with E-state index in [9.17, 15) is 18.4 Å². The summed E-state index contributed by atoms with van der Waals surface area (Å²) in [5.41, 5.74) is 0. The lowest BCUT2D eigenvalue weighted by atomic mass is 10.1. The number of carbonyl (C=O) groups excluding carboxylic acids is 2. The van der Waals surface area contributed by atoms with Gasteiger partial charge >= 0.3 is 5.97 Å². The second-order valence-electron chi connectivity index (χ2n) is 4.71. The Kier molecular flexibility index (Phi) is 5.17. The van der Waals surface area contributed by atoms with Crippen LogP contribution in [0.15, 0.2) is 23.1 Å². The predicted octanol–water partition coefficient (Wildman–Crippen LogP) is 2.08. The molecule has 1 aliphatic heterocycles. The van der Waals surface area contributed by atoms with Gasteiger partial charge in [0, 0.05) is 24.1 Å². The normalized spacial score (nSPS) is 17.9. The SMILES string of the molecule is COC(=O)C1CCN(C(=O)CSc2ccc(F)cc2F)C1. The zero-order valence-corrected chi connectivity index (χ0v) is 12.3. The summed E-state index contributed by atoms with van der Waals surface area (Å²) in [5.74, 6) is -2.05. The van der Waals surface area contributed by atoms with Crippen molar-refractivity contribution in [2.75, 3.05) is 26.0 Å². The van der Waals surface area contributed by atoms with Crippen LogP contribution in [0.3, 0.4) is 0 Å². The minimum absolute atomic E-state index is 0.0520. The van der Waals surface area contributed by atoms with Crippen molar-refractivity contribution in [2.45, 2.75) is 11.3 Å². The second kappa shape index (κ2) is 6.89. The van der Waals surface area contributed by atoms with Crippen LogP contribution in [0.4, 0.5) is 8.78 Å². The topological polar surface area (TPSA) is 46.6 Å². The zero-order chi connectivity index (χ0) is 15.4. The van der Waals surface area contributed by atoms with Gasteiger partial charge < -0.3 is 9.64 Å². The Hall–Kier alpha value is -1.63. The molecule has 1 heterocycles. The summed E-state index contributed by atoms with van der Waals surface area (Å²) in [5, 5.41) is 0. The fourth-order valence-corrected chi connectivity index (χ4v) is 2.99. The average molecular weight is 315 g/mol. The van der Waals surface area contributed by atoms with Gasteiger partial charge in [0.15, 0.2) is 0 Å². The van der Waals surface area contributed by atoms with Crippen molar-refractivity contribution in [3.05, 3.63) is 29.8 Å². The van der Waals surface area contributed by atoms with Crippen molar-refractivity contribution in [2.24, 2.45) is 5.92 Å². The molecule has 1 atom stereocenters. The number of amides is 1. The zero-order valence-electron chi connectivity index (χ0n) is 11.5. The van der Waals surface area contributed by atoms with Gasteiger partial charge in [-0.2, -0.15) is 0 Å². The highest BCUT2D eigenvalue weighted by Gasteiger charge is 2.31. The van der Waals surface area contributed by atoms with Gasteiger partial charge in [-0.1, -0.05) is 0 Å². The number of rotatable bonds is 4. The van der Waals surface area contributed by atoms with Crippen LogP contribution in [0.2, 0.25) is 0 Å². The summed E-state index contributed by atoms with van der Waals surface area (Å²) in [4.78, 5) is 25.2. The largest absolute Gasteiger partial charge is 0.469 e. The average Bonchev–Trinajstić information content (AvgIpc) is 2.95. The second-order valence-corrected chi connectivity index (χ2v) is 5.73. The van der Waals surface area contributed by atoms with Crippen molar-refractivity contribution >= 4 is 23.6 Å². The van der Waals surface area contributed by atoms with Crippen LogP contribution >= 0.6 is 11.8 Å². The molecule has 0 spiro atoms. The number of carbonyl (C=O) groups is 2. The number of nitrogens with zero attached hydrogens (tertiary/aromatic N) is 1. The van der Waals surface area contributed by atoms with Crippen LogP contribution in [0.5, 0.6) is 0 Å². The van der Waals surface area contributed by atoms with Crippen molar-refractivity contribution in [1.82, 2.24) is 4.90 Å². The van der Waals surface area contributed by atoms with Crippen LogP contribution in [-0.2, 0) is 14.3 Å². The Bertz CT molecular complexity index is 553. The van der Waals surface area contributed by atoms with Gasteiger partial charge in [0.1, 0.15) is 11.6 Å². The number of esters is 1. The van der Waals surface area contributed by atoms with Gasteiger partial charge in [0.05, 0.1) is 18.8 Å². The van der Waals surface area contributed by atoms with E-state index < -0.39 is 11.6 Å². The number of benzene rings is 1. The fourth-order valence-electron chi connectivity index (χ4n) is 2.17. The van der Waals surface area contributed by atoms with Gasteiger partial charge in [-0.25, -0.2) is 8.78 Å². The predicted molar refractivity (Wildman–Crippen MR) is 73.8 cm³/mol. The minimum Gasteiger partial charge on any atom is -0.469 e. The first-order chi connectivity index (χ1) is 10.0.